The second kappa shape index (κ2) is 14.0. The van der Waals surface area contributed by atoms with Crippen LogP contribution in [0.5, 0.6) is 0 Å². The van der Waals surface area contributed by atoms with Gasteiger partial charge in [0.2, 0.25) is 0 Å². The van der Waals surface area contributed by atoms with Crippen molar-refractivity contribution in [1.82, 2.24) is 15.6 Å². The Morgan fingerprint density at radius 3 is 2.37 bits per heavy atom. The Kier molecular flexibility index (Phi) is 10.7. The summed E-state index contributed by atoms with van der Waals surface area (Å²) in [6, 6.07) is 4.81. The predicted molar refractivity (Wildman–Crippen MR) is 147 cm³/mol. The average molecular weight is 548 g/mol. The Bertz CT molecular complexity index is 1100. The van der Waals surface area contributed by atoms with Crippen LogP contribution in [0, 0.1) is 0 Å². The van der Waals surface area contributed by atoms with Crippen molar-refractivity contribution in [3.05, 3.63) is 29.4 Å². The van der Waals surface area contributed by atoms with E-state index in [-0.39, 0.29) is 43.4 Å². The zero-order valence-corrected chi connectivity index (χ0v) is 23.0. The number of thiazole rings is 1. The molecule has 5 N–H and O–H groups in total. The smallest absolute Gasteiger partial charge is 0.411 e. The Morgan fingerprint density at radius 2 is 1.71 bits per heavy atom. The molecule has 0 radical (unpaired) electrons. The van der Waals surface area contributed by atoms with E-state index < -0.39 is 12.1 Å². The molecule has 12 heteroatoms. The highest BCUT2D eigenvalue weighted by Gasteiger charge is 2.26. The van der Waals surface area contributed by atoms with E-state index in [9.17, 15) is 14.4 Å². The van der Waals surface area contributed by atoms with Gasteiger partial charge in [-0.2, -0.15) is 0 Å². The Hall–Kier alpha value is -3.38. The molecule has 11 nitrogen and oxygen atoms in total. The molecule has 0 spiro atoms. The molecule has 1 saturated carbocycles. The van der Waals surface area contributed by atoms with E-state index in [2.05, 4.69) is 26.3 Å². The normalized spacial score (nSPS) is 17.1. The summed E-state index contributed by atoms with van der Waals surface area (Å²) in [5.74, 6) is 0.281. The number of hydrogen-bond donors (Lipinski definition) is 5. The maximum Gasteiger partial charge on any atom is 0.411 e. The van der Waals surface area contributed by atoms with E-state index in [0.29, 0.717) is 11.4 Å². The van der Waals surface area contributed by atoms with Crippen molar-refractivity contribution in [2.45, 2.75) is 77.5 Å². The van der Waals surface area contributed by atoms with Crippen LogP contribution in [0.1, 0.15) is 64.3 Å². The molecule has 1 heterocycles. The fourth-order valence-electron chi connectivity index (χ4n) is 4.14. The summed E-state index contributed by atoms with van der Waals surface area (Å²) in [6.45, 7) is 7.08. The third-order valence-electron chi connectivity index (χ3n) is 5.78. The predicted octanol–water partition coefficient (Wildman–Crippen LogP) is 5.04. The summed E-state index contributed by atoms with van der Waals surface area (Å²) in [7, 11) is 0. The van der Waals surface area contributed by atoms with Crippen molar-refractivity contribution in [1.29, 1.82) is 0 Å². The molecular weight excluding hydrogens is 510 g/mol. The summed E-state index contributed by atoms with van der Waals surface area (Å²) in [5, 5.41) is 21.0. The lowest BCUT2D eigenvalue weighted by molar-refractivity contribution is 0.109. The van der Waals surface area contributed by atoms with Crippen molar-refractivity contribution in [3.8, 4) is 10.4 Å². The van der Waals surface area contributed by atoms with Crippen LogP contribution in [0.2, 0.25) is 0 Å². The molecule has 0 aliphatic heterocycles. The molecule has 208 valence electrons. The fourth-order valence-corrected chi connectivity index (χ4v) is 5.26. The van der Waals surface area contributed by atoms with Crippen LogP contribution in [0.15, 0.2) is 24.4 Å². The number of urea groups is 1. The molecule has 0 unspecified atom stereocenters. The number of aliphatic hydroxyl groups is 1. The van der Waals surface area contributed by atoms with Gasteiger partial charge in [-0.25, -0.2) is 19.4 Å². The maximum absolute atomic E-state index is 12.4. The SMILES string of the molecule is CC(C)OC(=O)Nc1ccc(-c2cnc(C3CCC(NC(=O)OC(C)C)CC3)s2)c(NC(=O)NCCO)c1. The third kappa shape index (κ3) is 8.88. The van der Waals surface area contributed by atoms with Crippen molar-refractivity contribution in [2.24, 2.45) is 0 Å². The first-order valence-electron chi connectivity index (χ1n) is 12.8. The van der Waals surface area contributed by atoms with E-state index in [1.165, 1.54) is 0 Å². The molecule has 1 fully saturated rings. The molecule has 1 aromatic carbocycles. The number of nitrogens with zero attached hydrogens (tertiary/aromatic N) is 1. The van der Waals surface area contributed by atoms with E-state index in [1.54, 1.807) is 43.5 Å². The number of anilines is 2. The molecule has 0 atom stereocenters. The second-order valence-corrected chi connectivity index (χ2v) is 10.7. The molecule has 1 aromatic heterocycles. The molecule has 0 saturated heterocycles. The maximum atomic E-state index is 12.4. The number of rotatable bonds is 9. The van der Waals surface area contributed by atoms with Gasteiger partial charge in [-0.05, 0) is 71.6 Å². The number of aliphatic hydroxyl groups excluding tert-OH is 1. The Balaban J connectivity index is 1.72. The minimum absolute atomic E-state index is 0.0904. The molecule has 3 rings (SSSR count). The number of amides is 4. The number of benzene rings is 1. The number of aromatic nitrogens is 1. The lowest BCUT2D eigenvalue weighted by atomic mass is 9.86. The summed E-state index contributed by atoms with van der Waals surface area (Å²) in [6.07, 6.45) is 3.88. The summed E-state index contributed by atoms with van der Waals surface area (Å²) in [5.41, 5.74) is 1.69. The van der Waals surface area contributed by atoms with Crippen molar-refractivity contribution in [2.75, 3.05) is 23.8 Å². The van der Waals surface area contributed by atoms with Crippen LogP contribution in [-0.4, -0.2) is 59.7 Å². The highest BCUT2D eigenvalue weighted by atomic mass is 32.1. The van der Waals surface area contributed by atoms with Crippen LogP contribution in [0.3, 0.4) is 0 Å². The minimum Gasteiger partial charge on any atom is -0.447 e. The second-order valence-electron chi connectivity index (χ2n) is 9.65. The molecule has 1 aliphatic carbocycles. The minimum atomic E-state index is -0.592. The number of nitrogens with one attached hydrogen (secondary N) is 4. The van der Waals surface area contributed by atoms with Gasteiger partial charge < -0.3 is 30.5 Å². The van der Waals surface area contributed by atoms with Gasteiger partial charge in [0.1, 0.15) is 0 Å². The number of hydrogen-bond acceptors (Lipinski definition) is 8. The number of carbonyl (C=O) groups excluding carboxylic acids is 3. The zero-order valence-electron chi connectivity index (χ0n) is 22.2. The number of alkyl carbamates (subject to hydrolysis) is 1. The van der Waals surface area contributed by atoms with Gasteiger partial charge in [-0.1, -0.05) is 0 Å². The van der Waals surface area contributed by atoms with Gasteiger partial charge in [0.15, 0.2) is 0 Å². The topological polar surface area (TPSA) is 151 Å². The number of ether oxygens (including phenoxy) is 2. The van der Waals surface area contributed by atoms with E-state index in [0.717, 1.165) is 41.1 Å². The van der Waals surface area contributed by atoms with Gasteiger partial charge in [-0.3, -0.25) is 5.32 Å². The third-order valence-corrected chi connectivity index (χ3v) is 6.98. The van der Waals surface area contributed by atoms with Gasteiger partial charge in [-0.15, -0.1) is 11.3 Å². The van der Waals surface area contributed by atoms with Crippen molar-refractivity contribution < 1.29 is 29.0 Å². The molecule has 2 aromatic rings. The molecule has 1 aliphatic rings. The average Bonchev–Trinajstić information content (AvgIpc) is 3.32. The monoisotopic (exact) mass is 547 g/mol. The highest BCUT2D eigenvalue weighted by molar-refractivity contribution is 7.15. The van der Waals surface area contributed by atoms with Gasteiger partial charge in [0.25, 0.3) is 0 Å². The van der Waals surface area contributed by atoms with Crippen LogP contribution < -0.4 is 21.3 Å². The lowest BCUT2D eigenvalue weighted by Gasteiger charge is -2.28. The van der Waals surface area contributed by atoms with Crippen LogP contribution in [0.4, 0.5) is 25.8 Å². The lowest BCUT2D eigenvalue weighted by Crippen LogP contribution is -2.38. The van der Waals surface area contributed by atoms with Gasteiger partial charge in [0.05, 0.1) is 34.4 Å². The fraction of sp³-hybridized carbons (Fsp3) is 0.538. The molecule has 0 bridgehead atoms. The molecular formula is C26H37N5O6S. The van der Waals surface area contributed by atoms with E-state index in [1.807, 2.05) is 19.9 Å². The Labute approximate surface area is 226 Å². The van der Waals surface area contributed by atoms with Crippen LogP contribution in [0.25, 0.3) is 10.4 Å². The number of carbonyl (C=O) groups is 3. The first kappa shape index (κ1) is 29.2. The summed E-state index contributed by atoms with van der Waals surface area (Å²) in [4.78, 5) is 41.9. The Morgan fingerprint density at radius 1 is 1.03 bits per heavy atom. The first-order valence-corrected chi connectivity index (χ1v) is 13.7. The van der Waals surface area contributed by atoms with Gasteiger partial charge >= 0.3 is 18.2 Å². The molecule has 38 heavy (non-hydrogen) atoms. The van der Waals surface area contributed by atoms with Crippen LogP contribution in [-0.2, 0) is 9.47 Å². The highest BCUT2D eigenvalue weighted by Crippen LogP contribution is 2.40. The van der Waals surface area contributed by atoms with E-state index in [4.69, 9.17) is 14.6 Å². The first-order chi connectivity index (χ1) is 18.1. The van der Waals surface area contributed by atoms with Crippen molar-refractivity contribution >= 4 is 40.9 Å². The summed E-state index contributed by atoms with van der Waals surface area (Å²) >= 11 is 1.56. The van der Waals surface area contributed by atoms with E-state index >= 15 is 0 Å². The van der Waals surface area contributed by atoms with Gasteiger partial charge in [0, 0.05) is 36.0 Å². The summed E-state index contributed by atoms with van der Waals surface area (Å²) < 4.78 is 10.3. The quantitative estimate of drug-likeness (QED) is 0.295. The van der Waals surface area contributed by atoms with Crippen molar-refractivity contribution in [3.63, 3.8) is 0 Å². The zero-order chi connectivity index (χ0) is 27.7. The van der Waals surface area contributed by atoms with Crippen LogP contribution >= 0.6 is 11.3 Å². The standard InChI is InChI=1S/C26H37N5O6S/c1-15(2)36-25(34)29-18-7-5-17(6-8-18)23-28-14-22(38-23)20-10-9-19(30-26(35)37-16(3)4)13-21(20)31-24(33)27-11-12-32/h9-10,13-18,32H,5-8,11-12H2,1-4H3,(H,29,34)(H,30,35)(H2,27,31,33). The molecule has 4 amide bonds. The largest absolute Gasteiger partial charge is 0.447 e.